The molecule has 1 fully saturated rings. The first-order chi connectivity index (χ1) is 12.5. The van der Waals surface area contributed by atoms with Crippen LogP contribution in [0.1, 0.15) is 10.9 Å². The molecular formula is C18H22Cl2N4OS. The second-order valence-electron chi connectivity index (χ2n) is 6.33. The van der Waals surface area contributed by atoms with E-state index in [1.807, 2.05) is 0 Å². The fourth-order valence-electron chi connectivity index (χ4n) is 2.97. The molecule has 2 amide bonds. The molecule has 0 spiro atoms. The van der Waals surface area contributed by atoms with Gasteiger partial charge in [-0.05, 0) is 36.7 Å². The molecule has 1 saturated heterocycles. The van der Waals surface area contributed by atoms with Gasteiger partial charge in [-0.2, -0.15) is 0 Å². The minimum atomic E-state index is -0.273. The minimum Gasteiger partial charge on any atom is -0.336 e. The Labute approximate surface area is 167 Å². The van der Waals surface area contributed by atoms with E-state index < -0.39 is 0 Å². The predicted molar refractivity (Wildman–Crippen MR) is 110 cm³/mol. The van der Waals surface area contributed by atoms with Gasteiger partial charge < -0.3 is 15.5 Å². The van der Waals surface area contributed by atoms with E-state index in [1.54, 1.807) is 29.5 Å². The highest BCUT2D eigenvalue weighted by molar-refractivity contribution is 7.10. The van der Waals surface area contributed by atoms with Crippen molar-refractivity contribution in [2.45, 2.75) is 6.04 Å². The monoisotopic (exact) mass is 412 g/mol. The molecule has 1 aliphatic rings. The molecule has 8 heteroatoms. The number of hydrogen-bond acceptors (Lipinski definition) is 4. The van der Waals surface area contributed by atoms with Crippen LogP contribution in [0.25, 0.3) is 0 Å². The van der Waals surface area contributed by atoms with Gasteiger partial charge in [0.1, 0.15) is 0 Å². The molecule has 2 N–H and O–H groups in total. The fourth-order valence-corrected chi connectivity index (χ4v) is 4.29. The summed E-state index contributed by atoms with van der Waals surface area (Å²) >= 11 is 13.7. The zero-order chi connectivity index (χ0) is 18.5. The fraction of sp³-hybridized carbons (Fsp3) is 0.389. The first-order valence-electron chi connectivity index (χ1n) is 8.49. The Morgan fingerprint density at radius 2 is 2.00 bits per heavy atom. The Balaban J connectivity index is 1.61. The van der Waals surface area contributed by atoms with Gasteiger partial charge in [0.15, 0.2) is 0 Å². The maximum absolute atomic E-state index is 12.3. The van der Waals surface area contributed by atoms with Gasteiger partial charge in [-0.1, -0.05) is 29.3 Å². The number of hydrogen-bond donors (Lipinski definition) is 2. The van der Waals surface area contributed by atoms with Gasteiger partial charge in [0.25, 0.3) is 0 Å². The van der Waals surface area contributed by atoms with E-state index in [0.717, 1.165) is 26.2 Å². The van der Waals surface area contributed by atoms with E-state index in [-0.39, 0.29) is 12.1 Å². The molecule has 0 bridgehead atoms. The zero-order valence-electron chi connectivity index (χ0n) is 14.5. The number of nitrogens with one attached hydrogen (secondary N) is 2. The topological polar surface area (TPSA) is 47.6 Å². The summed E-state index contributed by atoms with van der Waals surface area (Å²) in [6, 6.07) is 9.08. The summed E-state index contributed by atoms with van der Waals surface area (Å²) < 4.78 is 0. The summed E-state index contributed by atoms with van der Waals surface area (Å²) in [7, 11) is 2.14. The van der Waals surface area contributed by atoms with Crippen molar-refractivity contribution < 1.29 is 4.79 Å². The van der Waals surface area contributed by atoms with E-state index in [9.17, 15) is 4.79 Å². The van der Waals surface area contributed by atoms with Crippen molar-refractivity contribution in [2.24, 2.45) is 0 Å². The number of halogens is 2. The quantitative estimate of drug-likeness (QED) is 0.774. The van der Waals surface area contributed by atoms with Crippen LogP contribution in [-0.2, 0) is 0 Å². The number of amides is 2. The van der Waals surface area contributed by atoms with Crippen LogP contribution < -0.4 is 10.6 Å². The van der Waals surface area contributed by atoms with Gasteiger partial charge >= 0.3 is 6.03 Å². The molecule has 2 heterocycles. The number of benzene rings is 1. The van der Waals surface area contributed by atoms with Crippen LogP contribution in [0.5, 0.6) is 0 Å². The average Bonchev–Trinajstić information content (AvgIpc) is 3.13. The van der Waals surface area contributed by atoms with Gasteiger partial charge in [-0.15, -0.1) is 11.3 Å². The molecule has 0 aliphatic carbocycles. The van der Waals surface area contributed by atoms with Crippen LogP contribution in [0.2, 0.25) is 10.0 Å². The minimum absolute atomic E-state index is 0.176. The number of carbonyl (C=O) groups excluding carboxylic acids is 1. The molecule has 3 rings (SSSR count). The number of likely N-dealkylation sites (N-methyl/N-ethyl adjacent to an activating group) is 1. The largest absolute Gasteiger partial charge is 0.336 e. The number of piperazine rings is 1. The molecule has 26 heavy (non-hydrogen) atoms. The lowest BCUT2D eigenvalue weighted by atomic mass is 10.1. The third-order valence-corrected chi connectivity index (χ3v) is 6.01. The van der Waals surface area contributed by atoms with E-state index in [0.29, 0.717) is 22.3 Å². The van der Waals surface area contributed by atoms with Crippen molar-refractivity contribution >= 4 is 46.3 Å². The maximum Gasteiger partial charge on any atom is 0.319 e. The van der Waals surface area contributed by atoms with Crippen molar-refractivity contribution in [3.63, 3.8) is 0 Å². The van der Waals surface area contributed by atoms with Crippen molar-refractivity contribution in [1.82, 2.24) is 15.1 Å². The standard InChI is InChI=1S/C18H22Cl2N4OS/c1-23-6-8-24(9-7-23)16(17-3-2-10-26-17)12-21-18(25)22-15-5-4-13(19)11-14(15)20/h2-5,10-11,16H,6-9,12H2,1H3,(H2,21,22,25)/t16-/m1/s1. The van der Waals surface area contributed by atoms with Crippen molar-refractivity contribution in [2.75, 3.05) is 45.1 Å². The molecule has 0 saturated carbocycles. The lowest BCUT2D eigenvalue weighted by molar-refractivity contribution is 0.113. The second-order valence-corrected chi connectivity index (χ2v) is 8.15. The van der Waals surface area contributed by atoms with E-state index in [2.05, 4.69) is 45.0 Å². The van der Waals surface area contributed by atoms with Gasteiger partial charge in [-0.3, -0.25) is 4.90 Å². The van der Waals surface area contributed by atoms with E-state index in [4.69, 9.17) is 23.2 Å². The molecule has 1 aromatic heterocycles. The smallest absolute Gasteiger partial charge is 0.319 e. The van der Waals surface area contributed by atoms with Crippen molar-refractivity contribution in [3.8, 4) is 0 Å². The number of rotatable bonds is 5. The maximum atomic E-state index is 12.3. The number of thiophene rings is 1. The van der Waals surface area contributed by atoms with Crippen LogP contribution in [0.4, 0.5) is 10.5 Å². The highest BCUT2D eigenvalue weighted by atomic mass is 35.5. The SMILES string of the molecule is CN1CCN([C@H](CNC(=O)Nc2ccc(Cl)cc2Cl)c2cccs2)CC1. The van der Waals surface area contributed by atoms with Crippen LogP contribution >= 0.6 is 34.5 Å². The summed E-state index contributed by atoms with van der Waals surface area (Å²) in [6.45, 7) is 4.60. The number of nitrogens with zero attached hydrogens (tertiary/aromatic N) is 2. The molecule has 1 atom stereocenters. The first kappa shape index (κ1) is 19.5. The average molecular weight is 413 g/mol. The highest BCUT2D eigenvalue weighted by Crippen LogP contribution is 2.27. The molecular weight excluding hydrogens is 391 g/mol. The Hall–Kier alpha value is -1.31. The third kappa shape index (κ3) is 5.11. The normalized spacial score (nSPS) is 17.0. The van der Waals surface area contributed by atoms with Crippen molar-refractivity contribution in [1.29, 1.82) is 0 Å². The lowest BCUT2D eigenvalue weighted by Crippen LogP contribution is -2.48. The van der Waals surface area contributed by atoms with E-state index in [1.165, 1.54) is 4.88 Å². The molecule has 1 aromatic carbocycles. The van der Waals surface area contributed by atoms with Gasteiger partial charge in [0.05, 0.1) is 16.8 Å². The molecule has 1 aliphatic heterocycles. The molecule has 5 nitrogen and oxygen atoms in total. The lowest BCUT2D eigenvalue weighted by Gasteiger charge is -2.37. The third-order valence-electron chi connectivity index (χ3n) is 4.49. The van der Waals surface area contributed by atoms with Crippen LogP contribution in [0.3, 0.4) is 0 Å². The van der Waals surface area contributed by atoms with Gasteiger partial charge in [0, 0.05) is 42.6 Å². The number of carbonyl (C=O) groups is 1. The first-order valence-corrected chi connectivity index (χ1v) is 10.1. The van der Waals surface area contributed by atoms with E-state index >= 15 is 0 Å². The summed E-state index contributed by atoms with van der Waals surface area (Å²) in [5, 5.41) is 8.79. The summed E-state index contributed by atoms with van der Waals surface area (Å²) in [4.78, 5) is 18.3. The van der Waals surface area contributed by atoms with Gasteiger partial charge in [0.2, 0.25) is 0 Å². The van der Waals surface area contributed by atoms with Crippen LogP contribution in [-0.4, -0.2) is 55.6 Å². The predicted octanol–water partition coefficient (Wildman–Crippen LogP) is 4.17. The Bertz CT molecular complexity index is 733. The van der Waals surface area contributed by atoms with Gasteiger partial charge in [-0.25, -0.2) is 4.79 Å². The second kappa shape index (κ2) is 9.06. The Kier molecular flexibility index (Phi) is 6.78. The van der Waals surface area contributed by atoms with Crippen LogP contribution in [0, 0.1) is 0 Å². The number of urea groups is 1. The molecule has 140 valence electrons. The Morgan fingerprint density at radius 1 is 1.23 bits per heavy atom. The zero-order valence-corrected chi connectivity index (χ0v) is 16.9. The highest BCUT2D eigenvalue weighted by Gasteiger charge is 2.25. The Morgan fingerprint density at radius 3 is 2.65 bits per heavy atom. The summed E-state index contributed by atoms with van der Waals surface area (Å²) in [5.41, 5.74) is 0.542. The van der Waals surface area contributed by atoms with Crippen molar-refractivity contribution in [3.05, 3.63) is 50.6 Å². The summed E-state index contributed by atoms with van der Waals surface area (Å²) in [6.07, 6.45) is 0. The molecule has 2 aromatic rings. The number of anilines is 1. The molecule has 0 unspecified atom stereocenters. The van der Waals surface area contributed by atoms with Crippen LogP contribution in [0.15, 0.2) is 35.7 Å². The summed E-state index contributed by atoms with van der Waals surface area (Å²) in [5.74, 6) is 0. The molecule has 0 radical (unpaired) electrons.